The smallest absolute Gasteiger partial charge is 0.253 e. The van der Waals surface area contributed by atoms with Crippen LogP contribution in [0.3, 0.4) is 0 Å². The number of rotatable bonds is 8. The number of benzene rings is 2. The van der Waals surface area contributed by atoms with Crippen molar-refractivity contribution in [1.82, 2.24) is 16.2 Å². The standard InChI is InChI=1S/C17H21N3O8.ClH/c21-7-10(18-5-8-1-3-11(22)15(26)13(8)24)17(28)20-19-6-9-2-4-12(23)16(27)14(9)25;/h1-4,10,18-19,21-27H,5-7H2,(H,20,28);1H. The number of hydrogen-bond acceptors (Lipinski definition) is 10. The summed E-state index contributed by atoms with van der Waals surface area (Å²) in [4.78, 5) is 12.1. The normalized spacial score (nSPS) is 11.5. The zero-order chi connectivity index (χ0) is 20.8. The zero-order valence-corrected chi connectivity index (χ0v) is 15.8. The fourth-order valence-electron chi connectivity index (χ4n) is 2.29. The van der Waals surface area contributed by atoms with Gasteiger partial charge in [0.2, 0.25) is 11.5 Å². The van der Waals surface area contributed by atoms with E-state index < -0.39 is 53.1 Å². The summed E-state index contributed by atoms with van der Waals surface area (Å²) >= 11 is 0. The first-order chi connectivity index (χ1) is 13.3. The van der Waals surface area contributed by atoms with Crippen LogP contribution in [0.2, 0.25) is 0 Å². The second kappa shape index (κ2) is 10.4. The van der Waals surface area contributed by atoms with Crippen LogP contribution in [-0.2, 0) is 17.9 Å². The molecule has 0 fully saturated rings. The number of phenols is 6. The average Bonchev–Trinajstić information content (AvgIpc) is 2.68. The van der Waals surface area contributed by atoms with E-state index in [0.717, 1.165) is 0 Å². The van der Waals surface area contributed by atoms with E-state index in [1.54, 1.807) is 0 Å². The molecule has 29 heavy (non-hydrogen) atoms. The summed E-state index contributed by atoms with van der Waals surface area (Å²) in [7, 11) is 0. The first kappa shape index (κ1) is 23.9. The number of aromatic hydroxyl groups is 6. The van der Waals surface area contributed by atoms with Crippen molar-refractivity contribution in [2.75, 3.05) is 6.61 Å². The minimum Gasteiger partial charge on any atom is -0.504 e. The number of aliphatic hydroxyl groups excluding tert-OH is 1. The molecule has 1 unspecified atom stereocenters. The Hall–Kier alpha value is -3.12. The van der Waals surface area contributed by atoms with Crippen molar-refractivity contribution in [3.8, 4) is 34.5 Å². The number of phenolic OH excluding ortho intramolecular Hbond substituents is 6. The molecule has 2 aromatic rings. The molecule has 2 aromatic carbocycles. The van der Waals surface area contributed by atoms with Crippen molar-refractivity contribution in [2.45, 2.75) is 19.1 Å². The van der Waals surface area contributed by atoms with Gasteiger partial charge in [-0.3, -0.25) is 15.5 Å². The van der Waals surface area contributed by atoms with Gasteiger partial charge in [0, 0.05) is 24.2 Å². The molecule has 11 nitrogen and oxygen atoms in total. The molecule has 12 heteroatoms. The van der Waals surface area contributed by atoms with Gasteiger partial charge in [-0.2, -0.15) is 0 Å². The molecule has 1 amide bonds. The van der Waals surface area contributed by atoms with Crippen molar-refractivity contribution in [3.63, 3.8) is 0 Å². The van der Waals surface area contributed by atoms with Gasteiger partial charge in [-0.15, -0.1) is 12.4 Å². The second-order valence-corrected chi connectivity index (χ2v) is 5.84. The lowest BCUT2D eigenvalue weighted by Crippen LogP contribution is -2.50. The molecular weight excluding hydrogens is 410 g/mol. The van der Waals surface area contributed by atoms with Crippen LogP contribution in [0.25, 0.3) is 0 Å². The third-order valence-electron chi connectivity index (χ3n) is 3.96. The minimum atomic E-state index is -1.08. The highest BCUT2D eigenvalue weighted by atomic mass is 35.5. The summed E-state index contributed by atoms with van der Waals surface area (Å²) < 4.78 is 0. The molecule has 1 atom stereocenters. The second-order valence-electron chi connectivity index (χ2n) is 5.84. The van der Waals surface area contributed by atoms with Crippen molar-refractivity contribution in [3.05, 3.63) is 35.4 Å². The lowest BCUT2D eigenvalue weighted by atomic mass is 10.1. The summed E-state index contributed by atoms with van der Waals surface area (Å²) in [5.41, 5.74) is 5.20. The molecule has 0 aliphatic carbocycles. The Morgan fingerprint density at radius 1 is 0.793 bits per heavy atom. The lowest BCUT2D eigenvalue weighted by Gasteiger charge is -2.17. The molecule has 0 aliphatic heterocycles. The predicted molar refractivity (Wildman–Crippen MR) is 103 cm³/mol. The predicted octanol–water partition coefficient (Wildman–Crippen LogP) is -0.387. The molecule has 0 saturated carbocycles. The van der Waals surface area contributed by atoms with Crippen LogP contribution in [0.4, 0.5) is 0 Å². The zero-order valence-electron chi connectivity index (χ0n) is 15.0. The van der Waals surface area contributed by atoms with E-state index in [1.807, 2.05) is 0 Å². The fraction of sp³-hybridized carbons (Fsp3) is 0.235. The van der Waals surface area contributed by atoms with E-state index in [2.05, 4.69) is 16.2 Å². The maximum Gasteiger partial charge on any atom is 0.253 e. The highest BCUT2D eigenvalue weighted by Gasteiger charge is 2.19. The van der Waals surface area contributed by atoms with Gasteiger partial charge >= 0.3 is 0 Å². The molecule has 10 N–H and O–H groups in total. The van der Waals surface area contributed by atoms with Crippen molar-refractivity contribution < 1.29 is 40.5 Å². The van der Waals surface area contributed by atoms with Gasteiger partial charge in [0.05, 0.1) is 6.61 Å². The molecule has 0 heterocycles. The number of halogens is 1. The molecule has 0 saturated heterocycles. The molecule has 0 aromatic heterocycles. The average molecular weight is 432 g/mol. The molecule has 0 spiro atoms. The number of nitrogens with one attached hydrogen (secondary N) is 3. The monoisotopic (exact) mass is 431 g/mol. The van der Waals surface area contributed by atoms with Crippen LogP contribution in [0.5, 0.6) is 34.5 Å². The molecule has 160 valence electrons. The Labute approximate surface area is 171 Å². The summed E-state index contributed by atoms with van der Waals surface area (Å²) in [5, 5.41) is 69.0. The van der Waals surface area contributed by atoms with Gasteiger partial charge in [-0.05, 0) is 12.1 Å². The topological polar surface area (TPSA) is 195 Å². The summed E-state index contributed by atoms with van der Waals surface area (Å²) in [6.07, 6.45) is 0. The number of amides is 1. The lowest BCUT2D eigenvalue weighted by molar-refractivity contribution is -0.125. The fourth-order valence-corrected chi connectivity index (χ4v) is 2.29. The Morgan fingerprint density at radius 3 is 1.76 bits per heavy atom. The number of hydrogen-bond donors (Lipinski definition) is 10. The maximum atomic E-state index is 12.1. The minimum absolute atomic E-state index is 0. The largest absolute Gasteiger partial charge is 0.504 e. The quantitative estimate of drug-likeness (QED) is 0.194. The van der Waals surface area contributed by atoms with Crippen LogP contribution in [-0.4, -0.2) is 54.3 Å². The first-order valence-electron chi connectivity index (χ1n) is 8.08. The third kappa shape index (κ3) is 5.68. The SMILES string of the molecule is Cl.O=C(NNCc1ccc(O)c(O)c1O)C(CO)NCc1ccc(O)c(O)c1O. The molecular formula is C17H22ClN3O8. The first-order valence-corrected chi connectivity index (χ1v) is 8.08. The number of carbonyl (C=O) groups excluding carboxylic acids is 1. The van der Waals surface area contributed by atoms with E-state index in [-0.39, 0.29) is 36.6 Å². The Bertz CT molecular complexity index is 865. The van der Waals surface area contributed by atoms with Gasteiger partial charge in [-0.25, -0.2) is 5.43 Å². The van der Waals surface area contributed by atoms with Gasteiger partial charge < -0.3 is 35.7 Å². The van der Waals surface area contributed by atoms with Gasteiger partial charge in [0.1, 0.15) is 6.04 Å². The van der Waals surface area contributed by atoms with Crippen molar-refractivity contribution in [2.24, 2.45) is 0 Å². The van der Waals surface area contributed by atoms with E-state index in [4.69, 9.17) is 0 Å². The van der Waals surface area contributed by atoms with Crippen LogP contribution < -0.4 is 16.2 Å². The van der Waals surface area contributed by atoms with Crippen LogP contribution in [0.1, 0.15) is 11.1 Å². The molecule has 0 bridgehead atoms. The van der Waals surface area contributed by atoms with E-state index in [1.165, 1.54) is 24.3 Å². The van der Waals surface area contributed by atoms with Gasteiger partial charge in [-0.1, -0.05) is 12.1 Å². The van der Waals surface area contributed by atoms with E-state index >= 15 is 0 Å². The maximum absolute atomic E-state index is 12.1. The number of hydrazine groups is 1. The van der Waals surface area contributed by atoms with Gasteiger partial charge in [0.25, 0.3) is 5.91 Å². The molecule has 0 radical (unpaired) electrons. The molecule has 0 aliphatic rings. The summed E-state index contributed by atoms with van der Waals surface area (Å²) in [5.74, 6) is -4.11. The molecule has 2 rings (SSSR count). The summed E-state index contributed by atoms with van der Waals surface area (Å²) in [6, 6.07) is 3.94. The van der Waals surface area contributed by atoms with Crippen LogP contribution in [0, 0.1) is 0 Å². The summed E-state index contributed by atoms with van der Waals surface area (Å²) in [6.45, 7) is -0.759. The van der Waals surface area contributed by atoms with Crippen molar-refractivity contribution >= 4 is 18.3 Å². The Kier molecular flexibility index (Phi) is 8.60. The van der Waals surface area contributed by atoms with Crippen molar-refractivity contribution in [1.29, 1.82) is 0 Å². The van der Waals surface area contributed by atoms with E-state index in [9.17, 15) is 40.5 Å². The van der Waals surface area contributed by atoms with E-state index in [0.29, 0.717) is 0 Å². The van der Waals surface area contributed by atoms with Crippen LogP contribution >= 0.6 is 12.4 Å². The Balaban J connectivity index is 0.00000420. The van der Waals surface area contributed by atoms with Crippen LogP contribution in [0.15, 0.2) is 24.3 Å². The highest BCUT2D eigenvalue weighted by molar-refractivity contribution is 5.85. The number of carbonyl (C=O) groups is 1. The van der Waals surface area contributed by atoms with Gasteiger partial charge in [0.15, 0.2) is 23.0 Å². The Morgan fingerprint density at radius 2 is 1.28 bits per heavy atom. The third-order valence-corrected chi connectivity index (χ3v) is 3.96. The highest BCUT2D eigenvalue weighted by Crippen LogP contribution is 2.37. The number of aliphatic hydroxyl groups is 1.